The first-order chi connectivity index (χ1) is 8.70. The summed E-state index contributed by atoms with van der Waals surface area (Å²) in [6.45, 7) is 0. The summed E-state index contributed by atoms with van der Waals surface area (Å²) in [4.78, 5) is 11.5. The zero-order valence-corrected chi connectivity index (χ0v) is 10.6. The van der Waals surface area contributed by atoms with Gasteiger partial charge in [0.1, 0.15) is 11.5 Å². The van der Waals surface area contributed by atoms with Crippen LogP contribution in [-0.4, -0.2) is 9.78 Å². The summed E-state index contributed by atoms with van der Waals surface area (Å²) >= 11 is 11.5. The quantitative estimate of drug-likeness (QED) is 0.850. The molecule has 3 N–H and O–H groups in total. The van der Waals surface area contributed by atoms with Crippen LogP contribution in [0.2, 0.25) is 10.0 Å². The molecule has 0 fully saturated rings. The van der Waals surface area contributed by atoms with Crippen LogP contribution in [-0.2, 0) is 6.18 Å². The van der Waals surface area contributed by atoms with Crippen molar-refractivity contribution in [3.8, 4) is 5.69 Å². The lowest BCUT2D eigenvalue weighted by Gasteiger charge is -2.12. The van der Waals surface area contributed by atoms with Gasteiger partial charge in [-0.3, -0.25) is 9.89 Å². The van der Waals surface area contributed by atoms with Crippen LogP contribution in [0.25, 0.3) is 5.69 Å². The fourth-order valence-electron chi connectivity index (χ4n) is 1.52. The number of rotatable bonds is 1. The highest BCUT2D eigenvalue weighted by molar-refractivity contribution is 6.37. The second-order valence-corrected chi connectivity index (χ2v) is 4.49. The van der Waals surface area contributed by atoms with Gasteiger partial charge in [-0.05, 0) is 12.1 Å². The van der Waals surface area contributed by atoms with E-state index >= 15 is 0 Å². The Morgan fingerprint density at radius 3 is 2.05 bits per heavy atom. The van der Waals surface area contributed by atoms with E-state index in [9.17, 15) is 18.0 Å². The number of nitrogens with zero attached hydrogens (tertiary/aromatic N) is 1. The number of alkyl halides is 3. The van der Waals surface area contributed by atoms with Crippen LogP contribution in [0.15, 0.2) is 23.0 Å². The third-order valence-electron chi connectivity index (χ3n) is 2.31. The van der Waals surface area contributed by atoms with Gasteiger partial charge in [0, 0.05) is 6.07 Å². The summed E-state index contributed by atoms with van der Waals surface area (Å²) in [5.74, 6) is 0.0389. The molecule has 1 heterocycles. The molecular weight excluding hydrogens is 306 g/mol. The number of benzene rings is 1. The number of nitrogens with two attached hydrogens (primary N) is 1. The van der Waals surface area contributed by atoms with Gasteiger partial charge in [0.25, 0.3) is 5.56 Å². The largest absolute Gasteiger partial charge is 0.416 e. The van der Waals surface area contributed by atoms with E-state index in [-0.39, 0.29) is 21.6 Å². The molecule has 0 saturated carbocycles. The predicted octanol–water partition coefficient (Wildman–Crippen LogP) is 3.07. The number of H-pyrrole nitrogens is 1. The number of nitrogens with one attached hydrogen (secondary N) is 1. The average molecular weight is 312 g/mol. The highest BCUT2D eigenvalue weighted by Crippen LogP contribution is 2.36. The molecule has 2 aromatic rings. The van der Waals surface area contributed by atoms with Crippen molar-refractivity contribution >= 4 is 29.0 Å². The number of halogens is 5. The van der Waals surface area contributed by atoms with Crippen molar-refractivity contribution in [3.05, 3.63) is 44.2 Å². The van der Waals surface area contributed by atoms with Crippen LogP contribution in [0.3, 0.4) is 0 Å². The molecule has 1 aromatic carbocycles. The van der Waals surface area contributed by atoms with Crippen molar-refractivity contribution < 1.29 is 13.2 Å². The van der Waals surface area contributed by atoms with Crippen LogP contribution >= 0.6 is 23.2 Å². The second kappa shape index (κ2) is 4.50. The lowest BCUT2D eigenvalue weighted by atomic mass is 10.2. The minimum Gasteiger partial charge on any atom is -0.384 e. The molecule has 0 unspecified atom stereocenters. The standard InChI is InChI=1S/C10H6Cl2F3N3O/c11-5-1-4(10(13,14)15)2-6(12)9(5)18-8(19)3-7(16)17-18/h1-3,17H,16H2. The summed E-state index contributed by atoms with van der Waals surface area (Å²) in [5, 5.41) is 1.80. The molecular formula is C10H6Cl2F3N3O. The highest BCUT2D eigenvalue weighted by Gasteiger charge is 2.32. The molecule has 0 aliphatic carbocycles. The normalized spacial score (nSPS) is 11.8. The lowest BCUT2D eigenvalue weighted by Crippen LogP contribution is -2.15. The number of aromatic nitrogens is 2. The zero-order chi connectivity index (χ0) is 14.4. The van der Waals surface area contributed by atoms with Crippen LogP contribution in [0.1, 0.15) is 5.56 Å². The van der Waals surface area contributed by atoms with E-state index in [1.54, 1.807) is 0 Å². The molecule has 0 atom stereocenters. The zero-order valence-electron chi connectivity index (χ0n) is 9.05. The number of aromatic amines is 1. The van der Waals surface area contributed by atoms with Gasteiger partial charge in [0.05, 0.1) is 15.6 Å². The summed E-state index contributed by atoms with van der Waals surface area (Å²) in [7, 11) is 0. The Hall–Kier alpha value is -1.60. The van der Waals surface area contributed by atoms with Crippen LogP contribution in [0.5, 0.6) is 0 Å². The van der Waals surface area contributed by atoms with Crippen LogP contribution < -0.4 is 11.3 Å². The number of hydrogen-bond donors (Lipinski definition) is 2. The lowest BCUT2D eigenvalue weighted by molar-refractivity contribution is -0.137. The van der Waals surface area contributed by atoms with Crippen molar-refractivity contribution in [2.75, 3.05) is 5.73 Å². The van der Waals surface area contributed by atoms with Crippen molar-refractivity contribution in [3.63, 3.8) is 0 Å². The minimum absolute atomic E-state index is 0.0389. The van der Waals surface area contributed by atoms with Gasteiger partial charge in [-0.2, -0.15) is 13.2 Å². The van der Waals surface area contributed by atoms with E-state index in [0.29, 0.717) is 12.1 Å². The number of hydrogen-bond acceptors (Lipinski definition) is 2. The maximum absolute atomic E-state index is 12.6. The van der Waals surface area contributed by atoms with Crippen molar-refractivity contribution in [1.82, 2.24) is 9.78 Å². The second-order valence-electron chi connectivity index (χ2n) is 3.67. The molecule has 102 valence electrons. The van der Waals surface area contributed by atoms with Gasteiger partial charge in [-0.25, -0.2) is 4.68 Å². The predicted molar refractivity (Wildman–Crippen MR) is 65.8 cm³/mol. The van der Waals surface area contributed by atoms with E-state index in [1.807, 2.05) is 0 Å². The molecule has 0 amide bonds. The van der Waals surface area contributed by atoms with Crippen LogP contribution in [0.4, 0.5) is 19.0 Å². The Kier molecular flexibility index (Phi) is 3.27. The van der Waals surface area contributed by atoms with Crippen LogP contribution in [0, 0.1) is 0 Å². The number of nitrogen functional groups attached to an aromatic ring is 1. The molecule has 0 bridgehead atoms. The fourth-order valence-corrected chi connectivity index (χ4v) is 2.18. The summed E-state index contributed by atoms with van der Waals surface area (Å²) < 4.78 is 38.5. The fraction of sp³-hybridized carbons (Fsp3) is 0.100. The van der Waals surface area contributed by atoms with E-state index in [1.165, 1.54) is 0 Å². The molecule has 0 aliphatic rings. The topological polar surface area (TPSA) is 63.8 Å². The molecule has 4 nitrogen and oxygen atoms in total. The first-order valence-corrected chi connectivity index (χ1v) is 5.60. The van der Waals surface area contributed by atoms with Gasteiger partial charge in [0.2, 0.25) is 0 Å². The summed E-state index contributed by atoms with van der Waals surface area (Å²) in [6.07, 6.45) is -4.58. The van der Waals surface area contributed by atoms with Crippen molar-refractivity contribution in [2.24, 2.45) is 0 Å². The molecule has 9 heteroatoms. The van der Waals surface area contributed by atoms with E-state index < -0.39 is 17.3 Å². The third-order valence-corrected chi connectivity index (χ3v) is 2.88. The van der Waals surface area contributed by atoms with Gasteiger partial charge >= 0.3 is 6.18 Å². The monoisotopic (exact) mass is 311 g/mol. The Balaban J connectivity index is 2.67. The molecule has 0 saturated heterocycles. The maximum atomic E-state index is 12.6. The van der Waals surface area contributed by atoms with Crippen molar-refractivity contribution in [2.45, 2.75) is 6.18 Å². The molecule has 19 heavy (non-hydrogen) atoms. The van der Waals surface area contributed by atoms with E-state index in [0.717, 1.165) is 10.7 Å². The first kappa shape index (κ1) is 13.8. The summed E-state index contributed by atoms with van der Waals surface area (Å²) in [5.41, 5.74) is 3.70. The molecule has 0 spiro atoms. The maximum Gasteiger partial charge on any atom is 0.416 e. The Morgan fingerprint density at radius 1 is 1.16 bits per heavy atom. The van der Waals surface area contributed by atoms with Gasteiger partial charge in [0.15, 0.2) is 0 Å². The average Bonchev–Trinajstić information content (AvgIpc) is 2.55. The van der Waals surface area contributed by atoms with Crippen molar-refractivity contribution in [1.29, 1.82) is 0 Å². The number of anilines is 1. The first-order valence-electron chi connectivity index (χ1n) is 4.84. The third kappa shape index (κ3) is 2.57. The van der Waals surface area contributed by atoms with Gasteiger partial charge in [-0.15, -0.1) is 0 Å². The molecule has 1 aromatic heterocycles. The summed E-state index contributed by atoms with van der Waals surface area (Å²) in [6, 6.07) is 2.43. The Bertz CT molecular complexity index is 667. The minimum atomic E-state index is -4.58. The SMILES string of the molecule is Nc1cc(=O)n(-c2c(Cl)cc(C(F)(F)F)cc2Cl)[nH]1. The Labute approximate surface area is 114 Å². The van der Waals surface area contributed by atoms with Gasteiger partial charge in [-0.1, -0.05) is 23.2 Å². The highest BCUT2D eigenvalue weighted by atomic mass is 35.5. The Morgan fingerprint density at radius 2 is 1.68 bits per heavy atom. The molecule has 0 radical (unpaired) electrons. The van der Waals surface area contributed by atoms with Gasteiger partial charge < -0.3 is 5.73 Å². The molecule has 0 aliphatic heterocycles. The van der Waals surface area contributed by atoms with E-state index in [4.69, 9.17) is 28.9 Å². The van der Waals surface area contributed by atoms with E-state index in [2.05, 4.69) is 5.10 Å². The molecule has 2 rings (SSSR count). The smallest absolute Gasteiger partial charge is 0.384 e.